The molecular formula is C22H24N4O3. The first-order valence-electron chi connectivity index (χ1n) is 9.83. The van der Waals surface area contributed by atoms with Gasteiger partial charge in [0, 0.05) is 18.7 Å². The second-order valence-corrected chi connectivity index (χ2v) is 7.40. The lowest BCUT2D eigenvalue weighted by atomic mass is 9.95. The summed E-state index contributed by atoms with van der Waals surface area (Å²) in [4.78, 5) is 25.2. The molecule has 0 radical (unpaired) electrons. The van der Waals surface area contributed by atoms with Crippen LogP contribution in [0.1, 0.15) is 46.0 Å². The predicted molar refractivity (Wildman–Crippen MR) is 110 cm³/mol. The number of rotatable bonds is 5. The first kappa shape index (κ1) is 19.1. The van der Waals surface area contributed by atoms with Crippen LogP contribution in [0.4, 0.5) is 5.69 Å². The Morgan fingerprint density at radius 3 is 2.90 bits per heavy atom. The van der Waals surface area contributed by atoms with Crippen molar-refractivity contribution in [2.45, 2.75) is 32.2 Å². The molecule has 0 bridgehead atoms. The fraction of sp³-hybridized carbons (Fsp3) is 0.318. The molecule has 150 valence electrons. The molecule has 7 nitrogen and oxygen atoms in total. The minimum Gasteiger partial charge on any atom is -0.427 e. The van der Waals surface area contributed by atoms with Crippen LogP contribution in [0.3, 0.4) is 0 Å². The lowest BCUT2D eigenvalue weighted by Gasteiger charge is -2.22. The molecule has 0 aliphatic carbocycles. The van der Waals surface area contributed by atoms with Gasteiger partial charge in [0.15, 0.2) is 0 Å². The van der Waals surface area contributed by atoms with Gasteiger partial charge in [-0.3, -0.25) is 9.48 Å². The smallest absolute Gasteiger partial charge is 0.349 e. The van der Waals surface area contributed by atoms with Crippen LogP contribution in [-0.4, -0.2) is 28.8 Å². The average Bonchev–Trinajstić information content (AvgIpc) is 3.15. The Labute approximate surface area is 168 Å². The molecule has 4 rings (SSSR count). The van der Waals surface area contributed by atoms with E-state index in [0.717, 1.165) is 31.5 Å². The molecule has 1 atom stereocenters. The van der Waals surface area contributed by atoms with Gasteiger partial charge >= 0.3 is 5.63 Å². The number of hydrogen-bond acceptors (Lipinski definition) is 5. The van der Waals surface area contributed by atoms with Crippen LogP contribution in [0, 0.1) is 6.92 Å². The van der Waals surface area contributed by atoms with Gasteiger partial charge in [-0.25, -0.2) is 4.79 Å². The third-order valence-corrected chi connectivity index (χ3v) is 5.17. The maximum atomic E-state index is 12.7. The van der Waals surface area contributed by atoms with Gasteiger partial charge < -0.3 is 15.1 Å². The zero-order valence-corrected chi connectivity index (χ0v) is 16.4. The average molecular weight is 392 g/mol. The van der Waals surface area contributed by atoms with Gasteiger partial charge in [-0.2, -0.15) is 5.10 Å². The van der Waals surface area contributed by atoms with E-state index in [2.05, 4.69) is 15.7 Å². The van der Waals surface area contributed by atoms with E-state index in [1.54, 1.807) is 24.0 Å². The van der Waals surface area contributed by atoms with Gasteiger partial charge in [0.25, 0.3) is 5.91 Å². The second kappa shape index (κ2) is 8.45. The first-order valence-corrected chi connectivity index (χ1v) is 9.83. The molecule has 1 unspecified atom stereocenters. The highest BCUT2D eigenvalue weighted by atomic mass is 16.4. The fourth-order valence-corrected chi connectivity index (χ4v) is 3.68. The highest BCUT2D eigenvalue weighted by Gasteiger charge is 2.22. The van der Waals surface area contributed by atoms with Crippen molar-refractivity contribution in [2.24, 2.45) is 0 Å². The number of anilines is 1. The molecule has 1 amide bonds. The monoisotopic (exact) mass is 392 g/mol. The van der Waals surface area contributed by atoms with Crippen LogP contribution in [-0.2, 0) is 6.54 Å². The van der Waals surface area contributed by atoms with E-state index in [0.29, 0.717) is 23.6 Å². The number of benzene rings is 1. The van der Waals surface area contributed by atoms with Crippen molar-refractivity contribution in [3.63, 3.8) is 0 Å². The third kappa shape index (κ3) is 4.46. The molecule has 1 aromatic carbocycles. The molecule has 2 aromatic heterocycles. The summed E-state index contributed by atoms with van der Waals surface area (Å²) in [5.74, 6) is 0.333. The minimum absolute atomic E-state index is 0.0355. The van der Waals surface area contributed by atoms with Crippen molar-refractivity contribution in [1.29, 1.82) is 0 Å². The van der Waals surface area contributed by atoms with E-state index < -0.39 is 11.5 Å². The first-order chi connectivity index (χ1) is 14.1. The highest BCUT2D eigenvalue weighted by Crippen LogP contribution is 2.24. The number of nitrogens with zero attached hydrogens (tertiary/aromatic N) is 2. The van der Waals surface area contributed by atoms with Crippen molar-refractivity contribution in [2.75, 3.05) is 18.4 Å². The van der Waals surface area contributed by atoms with E-state index in [1.165, 1.54) is 0 Å². The van der Waals surface area contributed by atoms with Gasteiger partial charge in [0.1, 0.15) is 11.3 Å². The van der Waals surface area contributed by atoms with E-state index in [1.807, 2.05) is 36.4 Å². The lowest BCUT2D eigenvalue weighted by Crippen LogP contribution is -2.30. The van der Waals surface area contributed by atoms with Crippen molar-refractivity contribution in [3.8, 4) is 0 Å². The van der Waals surface area contributed by atoms with E-state index in [9.17, 15) is 9.59 Å². The summed E-state index contributed by atoms with van der Waals surface area (Å²) in [5, 5.41) is 10.3. The molecule has 0 saturated carbocycles. The minimum atomic E-state index is -0.597. The Morgan fingerprint density at radius 2 is 2.17 bits per heavy atom. The number of hydrogen-bond donors (Lipinski definition) is 2. The zero-order chi connectivity index (χ0) is 20.2. The number of piperidine rings is 1. The highest BCUT2D eigenvalue weighted by molar-refractivity contribution is 6.04. The molecule has 2 N–H and O–H groups in total. The zero-order valence-electron chi connectivity index (χ0n) is 16.4. The molecule has 1 saturated heterocycles. The summed E-state index contributed by atoms with van der Waals surface area (Å²) in [5.41, 5.74) is 1.70. The van der Waals surface area contributed by atoms with Gasteiger partial charge in [0.05, 0.1) is 18.4 Å². The number of aryl methyl sites for hydroxylation is 1. The Kier molecular flexibility index (Phi) is 5.57. The second-order valence-electron chi connectivity index (χ2n) is 7.40. The number of nitrogens with one attached hydrogen (secondary N) is 2. The molecule has 1 fully saturated rings. The summed E-state index contributed by atoms with van der Waals surface area (Å²) < 4.78 is 7.23. The standard InChI is InChI=1S/C22H24N4O3/c1-15-10-19(17-8-5-9-23-11-17)29-22(28)20(15)21(27)25-18-12-24-26(14-18)13-16-6-3-2-4-7-16/h2-4,6-7,10,12,14,17,23H,5,8-9,11,13H2,1H3,(H,25,27). The predicted octanol–water partition coefficient (Wildman–Crippen LogP) is 2.91. The molecule has 1 aliphatic rings. The van der Waals surface area contributed by atoms with Gasteiger partial charge in [-0.05, 0) is 43.5 Å². The number of carbonyl (C=O) groups is 1. The van der Waals surface area contributed by atoms with Crippen LogP contribution < -0.4 is 16.3 Å². The SMILES string of the molecule is Cc1cc(C2CCCNC2)oc(=O)c1C(=O)Nc1cnn(Cc2ccccc2)c1. The van der Waals surface area contributed by atoms with Crippen LogP contribution >= 0.6 is 0 Å². The summed E-state index contributed by atoms with van der Waals surface area (Å²) in [7, 11) is 0. The quantitative estimate of drug-likeness (QED) is 0.697. The number of carbonyl (C=O) groups excluding carboxylic acids is 1. The summed E-state index contributed by atoms with van der Waals surface area (Å²) in [6, 6.07) is 11.7. The van der Waals surface area contributed by atoms with Gasteiger partial charge in [-0.1, -0.05) is 30.3 Å². The van der Waals surface area contributed by atoms with E-state index in [4.69, 9.17) is 4.42 Å². The Morgan fingerprint density at radius 1 is 1.34 bits per heavy atom. The fourth-order valence-electron chi connectivity index (χ4n) is 3.68. The normalized spacial score (nSPS) is 16.5. The Bertz CT molecular complexity index is 1050. The van der Waals surface area contributed by atoms with Crippen molar-refractivity contribution in [1.82, 2.24) is 15.1 Å². The number of aromatic nitrogens is 2. The maximum absolute atomic E-state index is 12.7. The largest absolute Gasteiger partial charge is 0.427 e. The van der Waals surface area contributed by atoms with Crippen molar-refractivity contribution >= 4 is 11.6 Å². The molecule has 7 heteroatoms. The molecular weight excluding hydrogens is 368 g/mol. The van der Waals surface area contributed by atoms with Crippen LogP contribution in [0.2, 0.25) is 0 Å². The third-order valence-electron chi connectivity index (χ3n) is 5.17. The van der Waals surface area contributed by atoms with Crippen molar-refractivity contribution in [3.05, 3.63) is 81.7 Å². The summed E-state index contributed by atoms with van der Waals surface area (Å²) in [6.45, 7) is 4.14. The summed E-state index contributed by atoms with van der Waals surface area (Å²) in [6.07, 6.45) is 5.33. The van der Waals surface area contributed by atoms with Crippen LogP contribution in [0.5, 0.6) is 0 Å². The molecule has 29 heavy (non-hydrogen) atoms. The molecule has 1 aliphatic heterocycles. The van der Waals surface area contributed by atoms with Crippen molar-refractivity contribution < 1.29 is 9.21 Å². The molecule has 0 spiro atoms. The Hall–Kier alpha value is -3.19. The van der Waals surface area contributed by atoms with Gasteiger partial charge in [-0.15, -0.1) is 0 Å². The summed E-state index contributed by atoms with van der Waals surface area (Å²) >= 11 is 0. The van der Waals surface area contributed by atoms with E-state index in [-0.39, 0.29) is 11.5 Å². The van der Waals surface area contributed by atoms with Crippen LogP contribution in [0.15, 0.2) is 58.0 Å². The molecule has 3 aromatic rings. The molecule has 3 heterocycles. The topological polar surface area (TPSA) is 89.2 Å². The Balaban J connectivity index is 1.48. The van der Waals surface area contributed by atoms with E-state index >= 15 is 0 Å². The number of amides is 1. The van der Waals surface area contributed by atoms with Crippen LogP contribution in [0.25, 0.3) is 0 Å². The lowest BCUT2D eigenvalue weighted by molar-refractivity contribution is 0.102. The maximum Gasteiger partial charge on any atom is 0.349 e. The van der Waals surface area contributed by atoms with Gasteiger partial charge in [0.2, 0.25) is 0 Å².